The summed E-state index contributed by atoms with van der Waals surface area (Å²) in [4.78, 5) is 26.1. The summed E-state index contributed by atoms with van der Waals surface area (Å²) >= 11 is 7.65. The summed E-state index contributed by atoms with van der Waals surface area (Å²) in [6.45, 7) is 5.57. The molecular weight excluding hydrogens is 378 g/mol. The number of anilines is 2. The Morgan fingerprint density at radius 1 is 1.23 bits per heavy atom. The third-order valence-electron chi connectivity index (χ3n) is 4.18. The topological polar surface area (TPSA) is 82.1 Å². The van der Waals surface area contributed by atoms with Gasteiger partial charge in [-0.15, -0.1) is 0 Å². The Morgan fingerprint density at radius 2 is 1.92 bits per heavy atom. The largest absolute Gasteiger partial charge is 0.505 e. The van der Waals surface area contributed by atoms with Crippen molar-refractivity contribution in [1.29, 1.82) is 0 Å². The van der Waals surface area contributed by atoms with Crippen LogP contribution in [0.1, 0.15) is 6.92 Å². The summed E-state index contributed by atoms with van der Waals surface area (Å²) in [5, 5.41) is 13.9. The van der Waals surface area contributed by atoms with E-state index in [4.69, 9.17) is 16.3 Å². The summed E-state index contributed by atoms with van der Waals surface area (Å²) in [5.74, 6) is -0.0583. The van der Waals surface area contributed by atoms with Crippen LogP contribution < -0.4 is 20.9 Å². The molecule has 0 saturated carbocycles. The zero-order valence-electron chi connectivity index (χ0n) is 14.5. The molecule has 0 atom stereocenters. The summed E-state index contributed by atoms with van der Waals surface area (Å²) in [5.41, 5.74) is -0.949. The Bertz CT molecular complexity index is 874. The molecule has 140 valence electrons. The maximum absolute atomic E-state index is 11.8. The molecule has 2 N–H and O–H groups in total. The first kappa shape index (κ1) is 19.0. The van der Waals surface area contributed by atoms with Crippen LogP contribution in [0.2, 0.25) is 5.02 Å². The summed E-state index contributed by atoms with van der Waals surface area (Å²) < 4.78 is 7.32. The highest BCUT2D eigenvalue weighted by Gasteiger charge is 2.25. The minimum Gasteiger partial charge on any atom is -0.505 e. The molecule has 1 aliphatic rings. The Balaban J connectivity index is 1.83. The summed E-state index contributed by atoms with van der Waals surface area (Å²) in [7, 11) is 2.07. The molecule has 0 bridgehead atoms. The highest BCUT2D eigenvalue weighted by atomic mass is 35.5. The van der Waals surface area contributed by atoms with Gasteiger partial charge < -0.3 is 20.1 Å². The van der Waals surface area contributed by atoms with Crippen LogP contribution in [0, 0.1) is 0 Å². The van der Waals surface area contributed by atoms with Crippen molar-refractivity contribution in [3.05, 3.63) is 37.6 Å². The zero-order chi connectivity index (χ0) is 18.8. The number of hydrogen-bond donors (Lipinski definition) is 2. The third kappa shape index (κ3) is 3.68. The standard InChI is InChI=1S/C17H20ClN3O4S/c1-3-25-16-12(14(23)15(16)24)19-11-5-4-10(18)17(13(11)22)26-21-8-6-20(2)7-9-21/h4-5,19,22H,3,6-9H2,1-2H3. The first-order valence-corrected chi connectivity index (χ1v) is 9.43. The Labute approximate surface area is 160 Å². The molecule has 0 aromatic heterocycles. The second-order valence-corrected chi connectivity index (χ2v) is 7.53. The number of rotatable bonds is 6. The molecule has 0 amide bonds. The number of hydrogen-bond acceptors (Lipinski definition) is 8. The maximum atomic E-state index is 11.8. The average Bonchev–Trinajstić information content (AvgIpc) is 2.64. The number of halogens is 1. The van der Waals surface area contributed by atoms with Crippen LogP contribution in [-0.4, -0.2) is 54.1 Å². The Kier molecular flexibility index (Phi) is 5.76. The number of phenolic OH excluding ortho intramolecular Hbond substituents is 1. The van der Waals surface area contributed by atoms with Gasteiger partial charge in [-0.25, -0.2) is 4.31 Å². The van der Waals surface area contributed by atoms with Gasteiger partial charge in [0.2, 0.25) is 0 Å². The molecular formula is C17H20ClN3O4S. The van der Waals surface area contributed by atoms with Crippen LogP contribution in [0.4, 0.5) is 11.4 Å². The van der Waals surface area contributed by atoms with Crippen molar-refractivity contribution < 1.29 is 9.84 Å². The van der Waals surface area contributed by atoms with E-state index >= 15 is 0 Å². The molecule has 1 heterocycles. The molecule has 0 aliphatic carbocycles. The molecule has 1 fully saturated rings. The predicted octanol–water partition coefficient (Wildman–Crippen LogP) is 2.04. The molecule has 9 heteroatoms. The lowest BCUT2D eigenvalue weighted by atomic mass is 10.2. The van der Waals surface area contributed by atoms with Crippen LogP contribution in [0.3, 0.4) is 0 Å². The molecule has 2 aromatic rings. The van der Waals surface area contributed by atoms with E-state index in [0.29, 0.717) is 15.6 Å². The van der Waals surface area contributed by atoms with Gasteiger partial charge in [0, 0.05) is 26.2 Å². The first-order chi connectivity index (χ1) is 12.4. The van der Waals surface area contributed by atoms with Gasteiger partial charge >= 0.3 is 0 Å². The van der Waals surface area contributed by atoms with E-state index in [2.05, 4.69) is 21.6 Å². The fourth-order valence-electron chi connectivity index (χ4n) is 2.64. The highest BCUT2D eigenvalue weighted by Crippen LogP contribution is 2.43. The van der Waals surface area contributed by atoms with Crippen LogP contribution in [0.15, 0.2) is 26.6 Å². The van der Waals surface area contributed by atoms with E-state index in [1.807, 2.05) is 0 Å². The fourth-order valence-corrected chi connectivity index (χ4v) is 3.86. The first-order valence-electron chi connectivity index (χ1n) is 8.28. The van der Waals surface area contributed by atoms with Crippen molar-refractivity contribution in [2.24, 2.45) is 0 Å². The van der Waals surface area contributed by atoms with Gasteiger partial charge in [0.25, 0.3) is 10.9 Å². The van der Waals surface area contributed by atoms with Crippen molar-refractivity contribution in [1.82, 2.24) is 9.21 Å². The second kappa shape index (κ2) is 7.87. The van der Waals surface area contributed by atoms with Crippen LogP contribution in [0.5, 0.6) is 11.5 Å². The smallest absolute Gasteiger partial charge is 0.272 e. The number of ether oxygens (including phenoxy) is 1. The number of nitrogens with one attached hydrogen (secondary N) is 1. The normalized spacial score (nSPS) is 16.1. The molecule has 26 heavy (non-hydrogen) atoms. The van der Waals surface area contributed by atoms with Crippen LogP contribution in [0.25, 0.3) is 0 Å². The summed E-state index contributed by atoms with van der Waals surface area (Å²) in [6.07, 6.45) is 0. The second-order valence-electron chi connectivity index (χ2n) is 6.02. The average molecular weight is 398 g/mol. The summed E-state index contributed by atoms with van der Waals surface area (Å²) in [6, 6.07) is 3.21. The zero-order valence-corrected chi connectivity index (χ0v) is 16.1. The maximum Gasteiger partial charge on any atom is 0.272 e. The number of likely N-dealkylation sites (N-methyl/N-ethyl adjacent to an activating group) is 1. The lowest BCUT2D eigenvalue weighted by Gasteiger charge is -2.31. The molecule has 3 rings (SSSR count). The minimum atomic E-state index is -0.658. The minimum absolute atomic E-state index is 0.000112. The molecule has 1 saturated heterocycles. The Hall–Kier alpha value is -1.74. The van der Waals surface area contributed by atoms with Gasteiger partial charge in [0.1, 0.15) is 5.69 Å². The van der Waals surface area contributed by atoms with Crippen molar-refractivity contribution in [2.45, 2.75) is 11.8 Å². The molecule has 1 aliphatic heterocycles. The van der Waals surface area contributed by atoms with Crippen LogP contribution >= 0.6 is 23.5 Å². The van der Waals surface area contributed by atoms with Crippen LogP contribution in [-0.2, 0) is 0 Å². The fraction of sp³-hybridized carbons (Fsp3) is 0.412. The molecule has 7 nitrogen and oxygen atoms in total. The number of piperazine rings is 1. The quantitative estimate of drug-likeness (QED) is 0.435. The van der Waals surface area contributed by atoms with E-state index in [0.717, 1.165) is 26.2 Å². The van der Waals surface area contributed by atoms with Gasteiger partial charge in [-0.1, -0.05) is 11.6 Å². The van der Waals surface area contributed by atoms with Gasteiger partial charge in [-0.3, -0.25) is 9.59 Å². The number of phenols is 1. The Morgan fingerprint density at radius 3 is 2.58 bits per heavy atom. The lowest BCUT2D eigenvalue weighted by Crippen LogP contribution is -2.41. The number of aromatic hydroxyl groups is 1. The highest BCUT2D eigenvalue weighted by molar-refractivity contribution is 7.97. The van der Waals surface area contributed by atoms with Gasteiger partial charge in [-0.05, 0) is 38.1 Å². The predicted molar refractivity (Wildman–Crippen MR) is 104 cm³/mol. The number of benzene rings is 1. The van der Waals surface area contributed by atoms with E-state index in [-0.39, 0.29) is 23.8 Å². The molecule has 2 aromatic carbocycles. The van der Waals surface area contributed by atoms with Crippen molar-refractivity contribution in [3.8, 4) is 11.5 Å². The van der Waals surface area contributed by atoms with E-state index in [9.17, 15) is 14.7 Å². The molecule has 0 spiro atoms. The van der Waals surface area contributed by atoms with E-state index in [1.165, 1.54) is 11.9 Å². The lowest BCUT2D eigenvalue weighted by molar-refractivity contribution is 0.233. The molecule has 0 radical (unpaired) electrons. The van der Waals surface area contributed by atoms with Crippen molar-refractivity contribution in [3.63, 3.8) is 0 Å². The van der Waals surface area contributed by atoms with E-state index < -0.39 is 10.9 Å². The number of nitrogens with zero attached hydrogens (tertiary/aromatic N) is 2. The van der Waals surface area contributed by atoms with Crippen molar-refractivity contribution >= 4 is 34.9 Å². The van der Waals surface area contributed by atoms with Gasteiger partial charge in [0.05, 0.1) is 22.2 Å². The van der Waals surface area contributed by atoms with Crippen molar-refractivity contribution in [2.75, 3.05) is 45.2 Å². The monoisotopic (exact) mass is 397 g/mol. The van der Waals surface area contributed by atoms with Gasteiger partial charge in [-0.2, -0.15) is 0 Å². The SMILES string of the molecule is CCOc1c(Nc2ccc(Cl)c(SN3CCN(C)CC3)c2O)c(=O)c1=O. The van der Waals surface area contributed by atoms with Gasteiger partial charge in [0.15, 0.2) is 11.5 Å². The molecule has 0 unspecified atom stereocenters. The van der Waals surface area contributed by atoms with E-state index in [1.54, 1.807) is 19.1 Å². The third-order valence-corrected chi connectivity index (χ3v) is 5.83.